The standard InChI is InChI=1S/C13H12N2O2/c14-10-3-1-4-11(9-10)15-13(16)7-6-12-5-2-8-17-12/h1-9H,14H2,(H,15,16)/b7-6+. The maximum Gasteiger partial charge on any atom is 0.248 e. The molecule has 0 aliphatic heterocycles. The lowest BCUT2D eigenvalue weighted by Crippen LogP contribution is -2.07. The zero-order chi connectivity index (χ0) is 12.1. The van der Waals surface area contributed by atoms with Crippen LogP contribution in [0.25, 0.3) is 6.08 Å². The Kier molecular flexibility index (Phi) is 3.25. The molecule has 1 heterocycles. The largest absolute Gasteiger partial charge is 0.465 e. The minimum atomic E-state index is -0.230. The Morgan fingerprint density at radius 2 is 2.18 bits per heavy atom. The van der Waals surface area contributed by atoms with Crippen LogP contribution >= 0.6 is 0 Å². The first-order chi connectivity index (χ1) is 8.24. The number of amides is 1. The molecule has 3 N–H and O–H groups in total. The molecule has 0 aliphatic rings. The normalized spacial score (nSPS) is 10.6. The summed E-state index contributed by atoms with van der Waals surface area (Å²) in [6.07, 6.45) is 4.55. The molecule has 17 heavy (non-hydrogen) atoms. The Balaban J connectivity index is 1.98. The van der Waals surface area contributed by atoms with E-state index in [9.17, 15) is 4.79 Å². The molecule has 4 heteroatoms. The van der Waals surface area contributed by atoms with Gasteiger partial charge in [-0.25, -0.2) is 0 Å². The van der Waals surface area contributed by atoms with Crippen LogP contribution in [0.4, 0.5) is 11.4 Å². The van der Waals surface area contributed by atoms with Crippen LogP contribution in [0.15, 0.2) is 53.2 Å². The van der Waals surface area contributed by atoms with Crippen molar-refractivity contribution in [2.75, 3.05) is 11.1 Å². The highest BCUT2D eigenvalue weighted by molar-refractivity contribution is 6.01. The van der Waals surface area contributed by atoms with Crippen molar-refractivity contribution in [3.05, 3.63) is 54.5 Å². The number of anilines is 2. The van der Waals surface area contributed by atoms with E-state index in [-0.39, 0.29) is 5.91 Å². The molecule has 0 unspecified atom stereocenters. The Morgan fingerprint density at radius 1 is 1.29 bits per heavy atom. The van der Waals surface area contributed by atoms with E-state index in [0.717, 1.165) is 0 Å². The molecule has 1 aromatic carbocycles. The van der Waals surface area contributed by atoms with Crippen LogP contribution in [0.1, 0.15) is 5.76 Å². The first kappa shape index (κ1) is 11.0. The smallest absolute Gasteiger partial charge is 0.248 e. The number of hydrogen-bond acceptors (Lipinski definition) is 3. The van der Waals surface area contributed by atoms with E-state index in [4.69, 9.17) is 10.2 Å². The first-order valence-corrected chi connectivity index (χ1v) is 5.12. The molecule has 0 saturated carbocycles. The van der Waals surface area contributed by atoms with Crippen molar-refractivity contribution in [3.8, 4) is 0 Å². The molecule has 2 aromatic rings. The average Bonchev–Trinajstić information content (AvgIpc) is 2.79. The zero-order valence-corrected chi connectivity index (χ0v) is 9.09. The number of hydrogen-bond donors (Lipinski definition) is 2. The number of benzene rings is 1. The number of furan rings is 1. The van der Waals surface area contributed by atoms with Gasteiger partial charge in [-0.05, 0) is 36.4 Å². The van der Waals surface area contributed by atoms with E-state index in [1.807, 2.05) is 0 Å². The molecule has 1 amide bonds. The van der Waals surface area contributed by atoms with Gasteiger partial charge in [-0.15, -0.1) is 0 Å². The molecular weight excluding hydrogens is 216 g/mol. The fourth-order valence-corrected chi connectivity index (χ4v) is 1.34. The third-order valence-corrected chi connectivity index (χ3v) is 2.10. The van der Waals surface area contributed by atoms with Gasteiger partial charge in [0.05, 0.1) is 6.26 Å². The fraction of sp³-hybridized carbons (Fsp3) is 0. The summed E-state index contributed by atoms with van der Waals surface area (Å²) in [7, 11) is 0. The van der Waals surface area contributed by atoms with Crippen LogP contribution in [-0.2, 0) is 4.79 Å². The highest BCUT2D eigenvalue weighted by Crippen LogP contribution is 2.11. The van der Waals surface area contributed by atoms with E-state index in [1.165, 1.54) is 6.08 Å². The van der Waals surface area contributed by atoms with Crippen LogP contribution in [-0.4, -0.2) is 5.91 Å². The van der Waals surface area contributed by atoms with Crippen LogP contribution in [0.5, 0.6) is 0 Å². The summed E-state index contributed by atoms with van der Waals surface area (Å²) in [4.78, 5) is 11.5. The summed E-state index contributed by atoms with van der Waals surface area (Å²) in [5.41, 5.74) is 6.88. The summed E-state index contributed by atoms with van der Waals surface area (Å²) in [5, 5.41) is 2.70. The molecule has 2 rings (SSSR count). The van der Waals surface area contributed by atoms with Crippen molar-refractivity contribution < 1.29 is 9.21 Å². The Labute approximate surface area is 98.7 Å². The predicted molar refractivity (Wildman–Crippen MR) is 67.2 cm³/mol. The van der Waals surface area contributed by atoms with E-state index in [1.54, 1.807) is 48.7 Å². The van der Waals surface area contributed by atoms with E-state index in [2.05, 4.69) is 5.32 Å². The number of nitrogens with one attached hydrogen (secondary N) is 1. The highest BCUT2D eigenvalue weighted by Gasteiger charge is 1.98. The number of carbonyl (C=O) groups is 1. The highest BCUT2D eigenvalue weighted by atomic mass is 16.3. The molecule has 0 fully saturated rings. The van der Waals surface area contributed by atoms with Crippen molar-refractivity contribution in [1.82, 2.24) is 0 Å². The molecule has 1 aromatic heterocycles. The summed E-state index contributed by atoms with van der Waals surface area (Å²) in [6, 6.07) is 10.5. The second kappa shape index (κ2) is 5.03. The fourth-order valence-electron chi connectivity index (χ4n) is 1.34. The van der Waals surface area contributed by atoms with E-state index in [0.29, 0.717) is 17.1 Å². The van der Waals surface area contributed by atoms with Crippen molar-refractivity contribution in [2.45, 2.75) is 0 Å². The van der Waals surface area contributed by atoms with Crippen LogP contribution in [0.3, 0.4) is 0 Å². The van der Waals surface area contributed by atoms with E-state index >= 15 is 0 Å². The minimum Gasteiger partial charge on any atom is -0.465 e. The quantitative estimate of drug-likeness (QED) is 0.626. The summed E-state index contributed by atoms with van der Waals surface area (Å²) >= 11 is 0. The first-order valence-electron chi connectivity index (χ1n) is 5.12. The zero-order valence-electron chi connectivity index (χ0n) is 9.09. The Hall–Kier alpha value is -2.49. The topological polar surface area (TPSA) is 68.3 Å². The second-order valence-electron chi connectivity index (χ2n) is 3.46. The van der Waals surface area contributed by atoms with Gasteiger partial charge < -0.3 is 15.5 Å². The van der Waals surface area contributed by atoms with Gasteiger partial charge in [0.25, 0.3) is 0 Å². The molecule has 0 radical (unpaired) electrons. The van der Waals surface area contributed by atoms with Crippen molar-refractivity contribution in [2.24, 2.45) is 0 Å². The third kappa shape index (κ3) is 3.24. The molecule has 0 aliphatic carbocycles. The van der Waals surface area contributed by atoms with E-state index < -0.39 is 0 Å². The molecule has 86 valence electrons. The molecule has 0 atom stereocenters. The van der Waals surface area contributed by atoms with Crippen LogP contribution < -0.4 is 11.1 Å². The molecule has 0 saturated heterocycles. The number of nitrogens with two attached hydrogens (primary N) is 1. The van der Waals surface area contributed by atoms with Gasteiger partial charge in [-0.3, -0.25) is 4.79 Å². The van der Waals surface area contributed by atoms with Gasteiger partial charge in [-0.1, -0.05) is 6.07 Å². The second-order valence-corrected chi connectivity index (χ2v) is 3.46. The number of rotatable bonds is 3. The SMILES string of the molecule is Nc1cccc(NC(=O)/C=C/c2ccco2)c1. The van der Waals surface area contributed by atoms with Gasteiger partial charge in [-0.2, -0.15) is 0 Å². The molecule has 0 bridgehead atoms. The van der Waals surface area contributed by atoms with Crippen molar-refractivity contribution >= 4 is 23.4 Å². The average molecular weight is 228 g/mol. The lowest BCUT2D eigenvalue weighted by Gasteiger charge is -2.02. The Bertz CT molecular complexity index is 530. The van der Waals surface area contributed by atoms with Gasteiger partial charge >= 0.3 is 0 Å². The maximum atomic E-state index is 11.5. The van der Waals surface area contributed by atoms with Crippen LogP contribution in [0.2, 0.25) is 0 Å². The summed E-state index contributed by atoms with van der Waals surface area (Å²) in [5.74, 6) is 0.403. The third-order valence-electron chi connectivity index (χ3n) is 2.10. The summed E-state index contributed by atoms with van der Waals surface area (Å²) < 4.78 is 5.07. The van der Waals surface area contributed by atoms with Crippen molar-refractivity contribution in [3.63, 3.8) is 0 Å². The van der Waals surface area contributed by atoms with Gasteiger partial charge in [0, 0.05) is 17.5 Å². The maximum absolute atomic E-state index is 11.5. The minimum absolute atomic E-state index is 0.230. The van der Waals surface area contributed by atoms with Crippen molar-refractivity contribution in [1.29, 1.82) is 0 Å². The van der Waals surface area contributed by atoms with Gasteiger partial charge in [0.2, 0.25) is 5.91 Å². The monoisotopic (exact) mass is 228 g/mol. The number of carbonyl (C=O) groups excluding carboxylic acids is 1. The summed E-state index contributed by atoms with van der Waals surface area (Å²) in [6.45, 7) is 0. The Morgan fingerprint density at radius 3 is 2.88 bits per heavy atom. The van der Waals surface area contributed by atoms with Gasteiger partial charge in [0.15, 0.2) is 0 Å². The number of nitrogen functional groups attached to an aromatic ring is 1. The lowest BCUT2D eigenvalue weighted by molar-refractivity contribution is -0.111. The molecule has 0 spiro atoms. The van der Waals surface area contributed by atoms with Gasteiger partial charge in [0.1, 0.15) is 5.76 Å². The predicted octanol–water partition coefficient (Wildman–Crippen LogP) is 2.51. The van der Waals surface area contributed by atoms with Crippen LogP contribution in [0, 0.1) is 0 Å². The molecule has 4 nitrogen and oxygen atoms in total. The molecular formula is C13H12N2O2. The lowest BCUT2D eigenvalue weighted by atomic mass is 10.3.